The van der Waals surface area contributed by atoms with Crippen molar-refractivity contribution in [3.8, 4) is 0 Å². The average Bonchev–Trinajstić information content (AvgIpc) is 3.56. The number of alkyl carbamates (subject to hydrolysis) is 1. The van der Waals surface area contributed by atoms with Crippen LogP contribution in [-0.4, -0.2) is 24.0 Å². The molecular weight excluding hydrogens is 516 g/mol. The predicted octanol–water partition coefficient (Wildman–Crippen LogP) is 5.33. The van der Waals surface area contributed by atoms with E-state index in [1.54, 1.807) is 0 Å². The SMILES string of the molecule is Cl.NC1CC1c1ccc(CC(=O)C(Cc2ccccc2)NC(=O)OCc2ccc(Br)cc2)cc1. The molecule has 1 aliphatic carbocycles. The van der Waals surface area contributed by atoms with Crippen molar-refractivity contribution in [1.82, 2.24) is 5.32 Å². The van der Waals surface area contributed by atoms with Crippen molar-refractivity contribution in [2.75, 3.05) is 0 Å². The lowest BCUT2D eigenvalue weighted by molar-refractivity contribution is -0.120. The quantitative estimate of drug-likeness (QED) is 0.382. The first kappa shape index (κ1) is 25.9. The minimum atomic E-state index is -0.679. The Balaban J connectivity index is 0.00000324. The molecule has 7 heteroatoms. The van der Waals surface area contributed by atoms with Gasteiger partial charge in [-0.2, -0.15) is 0 Å². The standard InChI is InChI=1S/C27H27BrN2O3.ClH/c28-22-12-8-20(9-13-22)17-33-27(32)30-25(14-18-4-2-1-3-5-18)26(31)15-19-6-10-21(11-7-19)23-16-24(23)29;/h1-13,23-25H,14-17,29H2,(H,30,32);1H. The van der Waals surface area contributed by atoms with Gasteiger partial charge in [-0.3, -0.25) is 4.79 Å². The summed E-state index contributed by atoms with van der Waals surface area (Å²) in [5.74, 6) is 0.373. The Morgan fingerprint density at radius 2 is 1.56 bits per heavy atom. The van der Waals surface area contributed by atoms with Crippen LogP contribution in [0.2, 0.25) is 0 Å². The molecule has 3 atom stereocenters. The number of ether oxygens (including phenoxy) is 1. The van der Waals surface area contributed by atoms with Gasteiger partial charge in [0.05, 0.1) is 6.04 Å². The zero-order valence-electron chi connectivity index (χ0n) is 18.7. The van der Waals surface area contributed by atoms with Crippen molar-refractivity contribution >= 4 is 40.2 Å². The first-order valence-electron chi connectivity index (χ1n) is 11.1. The summed E-state index contributed by atoms with van der Waals surface area (Å²) in [7, 11) is 0. The largest absolute Gasteiger partial charge is 0.445 e. The van der Waals surface area contributed by atoms with E-state index in [0.717, 1.165) is 27.6 Å². The summed E-state index contributed by atoms with van der Waals surface area (Å²) in [6, 6.07) is 24.8. The number of nitrogens with one attached hydrogen (secondary N) is 1. The summed E-state index contributed by atoms with van der Waals surface area (Å²) in [5, 5.41) is 2.78. The number of hydrogen-bond donors (Lipinski definition) is 2. The molecule has 3 aromatic rings. The molecule has 0 saturated heterocycles. The molecule has 0 aliphatic heterocycles. The zero-order chi connectivity index (χ0) is 23.2. The summed E-state index contributed by atoms with van der Waals surface area (Å²) in [6.07, 6.45) is 1.05. The Morgan fingerprint density at radius 3 is 2.18 bits per heavy atom. The topological polar surface area (TPSA) is 81.4 Å². The third kappa shape index (κ3) is 7.42. The van der Waals surface area contributed by atoms with E-state index in [-0.39, 0.29) is 37.3 Å². The van der Waals surface area contributed by atoms with Gasteiger partial charge in [0.1, 0.15) is 6.61 Å². The monoisotopic (exact) mass is 542 g/mol. The maximum absolute atomic E-state index is 13.2. The molecule has 1 aliphatic rings. The molecule has 1 saturated carbocycles. The van der Waals surface area contributed by atoms with E-state index >= 15 is 0 Å². The van der Waals surface area contributed by atoms with Crippen molar-refractivity contribution < 1.29 is 14.3 Å². The molecule has 4 rings (SSSR count). The summed E-state index contributed by atoms with van der Waals surface area (Å²) >= 11 is 3.39. The number of halogens is 2. The van der Waals surface area contributed by atoms with Gasteiger partial charge in [0.15, 0.2) is 5.78 Å². The molecule has 34 heavy (non-hydrogen) atoms. The van der Waals surface area contributed by atoms with Crippen LogP contribution in [0.15, 0.2) is 83.3 Å². The lowest BCUT2D eigenvalue weighted by atomic mass is 9.97. The maximum atomic E-state index is 13.2. The molecule has 0 spiro atoms. The fourth-order valence-corrected chi connectivity index (χ4v) is 4.08. The van der Waals surface area contributed by atoms with E-state index in [1.165, 1.54) is 5.56 Å². The van der Waals surface area contributed by atoms with Crippen LogP contribution >= 0.6 is 28.3 Å². The van der Waals surface area contributed by atoms with Crippen LogP contribution in [0.25, 0.3) is 0 Å². The molecule has 0 aromatic heterocycles. The molecule has 1 fully saturated rings. The number of carbonyl (C=O) groups excluding carboxylic acids is 2. The number of nitrogens with two attached hydrogens (primary N) is 1. The van der Waals surface area contributed by atoms with Crippen LogP contribution in [0.4, 0.5) is 4.79 Å². The molecule has 0 heterocycles. The van der Waals surface area contributed by atoms with E-state index < -0.39 is 12.1 Å². The van der Waals surface area contributed by atoms with Gasteiger partial charge in [-0.15, -0.1) is 12.4 Å². The van der Waals surface area contributed by atoms with Crippen molar-refractivity contribution in [2.24, 2.45) is 5.73 Å². The number of carbonyl (C=O) groups is 2. The third-order valence-corrected chi connectivity index (χ3v) is 6.40. The lowest BCUT2D eigenvalue weighted by Gasteiger charge is -2.18. The van der Waals surface area contributed by atoms with E-state index in [9.17, 15) is 9.59 Å². The van der Waals surface area contributed by atoms with Crippen LogP contribution < -0.4 is 11.1 Å². The smallest absolute Gasteiger partial charge is 0.408 e. The highest BCUT2D eigenvalue weighted by Crippen LogP contribution is 2.38. The highest BCUT2D eigenvalue weighted by atomic mass is 79.9. The predicted molar refractivity (Wildman–Crippen MR) is 139 cm³/mol. The number of benzene rings is 3. The molecule has 3 unspecified atom stereocenters. The highest BCUT2D eigenvalue weighted by Gasteiger charge is 2.34. The van der Waals surface area contributed by atoms with Crippen molar-refractivity contribution in [2.45, 2.75) is 43.9 Å². The highest BCUT2D eigenvalue weighted by molar-refractivity contribution is 9.10. The van der Waals surface area contributed by atoms with Gasteiger partial charge in [-0.1, -0.05) is 82.7 Å². The fourth-order valence-electron chi connectivity index (χ4n) is 3.81. The Labute approximate surface area is 214 Å². The summed E-state index contributed by atoms with van der Waals surface area (Å²) < 4.78 is 6.32. The first-order valence-corrected chi connectivity index (χ1v) is 11.9. The summed E-state index contributed by atoms with van der Waals surface area (Å²) in [6.45, 7) is 0.135. The minimum absolute atomic E-state index is 0. The van der Waals surface area contributed by atoms with Gasteiger partial charge < -0.3 is 15.8 Å². The van der Waals surface area contributed by atoms with Crippen LogP contribution in [0.3, 0.4) is 0 Å². The number of ketones is 1. The van der Waals surface area contributed by atoms with Crippen molar-refractivity contribution in [3.05, 3.63) is 106 Å². The van der Waals surface area contributed by atoms with E-state index in [1.807, 2.05) is 78.9 Å². The number of hydrogen-bond acceptors (Lipinski definition) is 4. The van der Waals surface area contributed by atoms with E-state index in [4.69, 9.17) is 10.5 Å². The van der Waals surface area contributed by atoms with Gasteiger partial charge in [0.25, 0.3) is 0 Å². The fraction of sp³-hybridized carbons (Fsp3) is 0.259. The van der Waals surface area contributed by atoms with Crippen LogP contribution in [0, 0.1) is 0 Å². The Hall–Kier alpha value is -2.67. The van der Waals surface area contributed by atoms with Crippen LogP contribution in [0.1, 0.15) is 34.6 Å². The Bertz CT molecular complexity index is 1090. The number of rotatable bonds is 9. The molecule has 178 valence electrons. The summed E-state index contributed by atoms with van der Waals surface area (Å²) in [4.78, 5) is 25.6. The second-order valence-corrected chi connectivity index (χ2v) is 9.40. The minimum Gasteiger partial charge on any atom is -0.445 e. The normalized spacial score (nSPS) is 17.2. The van der Waals surface area contributed by atoms with Gasteiger partial charge >= 0.3 is 6.09 Å². The molecule has 5 nitrogen and oxygen atoms in total. The molecule has 1 amide bonds. The maximum Gasteiger partial charge on any atom is 0.408 e. The Kier molecular flexibility index (Phi) is 9.28. The molecule has 3 aromatic carbocycles. The molecular formula is C27H28BrClN2O3. The molecule has 0 radical (unpaired) electrons. The van der Waals surface area contributed by atoms with Gasteiger partial charge in [0, 0.05) is 22.9 Å². The van der Waals surface area contributed by atoms with E-state index in [0.29, 0.717) is 12.3 Å². The number of Topliss-reactive ketones (excluding diaryl/α,β-unsaturated/α-hetero) is 1. The van der Waals surface area contributed by atoms with Crippen molar-refractivity contribution in [3.63, 3.8) is 0 Å². The Morgan fingerprint density at radius 1 is 0.941 bits per heavy atom. The second kappa shape index (κ2) is 12.2. The van der Waals surface area contributed by atoms with Crippen molar-refractivity contribution in [1.29, 1.82) is 0 Å². The van der Waals surface area contributed by atoms with Gasteiger partial charge in [-0.25, -0.2) is 4.79 Å². The van der Waals surface area contributed by atoms with E-state index in [2.05, 4.69) is 21.2 Å². The van der Waals surface area contributed by atoms with Gasteiger partial charge in [0.2, 0.25) is 0 Å². The lowest BCUT2D eigenvalue weighted by Crippen LogP contribution is -2.43. The zero-order valence-corrected chi connectivity index (χ0v) is 21.1. The third-order valence-electron chi connectivity index (χ3n) is 5.87. The molecule has 3 N–H and O–H groups in total. The first-order chi connectivity index (χ1) is 16.0. The second-order valence-electron chi connectivity index (χ2n) is 8.48. The average molecular weight is 544 g/mol. The van der Waals surface area contributed by atoms with Crippen LogP contribution in [0.5, 0.6) is 0 Å². The molecule has 0 bridgehead atoms. The van der Waals surface area contributed by atoms with Crippen LogP contribution in [-0.2, 0) is 29.0 Å². The van der Waals surface area contributed by atoms with Gasteiger partial charge in [-0.05, 0) is 47.2 Å². The summed E-state index contributed by atoms with van der Waals surface area (Å²) in [5.41, 5.74) is 9.92. The number of amides is 1.